The molecule has 0 aromatic carbocycles. The summed E-state index contributed by atoms with van der Waals surface area (Å²) in [6.45, 7) is 1.45. The molecule has 1 saturated heterocycles. The van der Waals surface area contributed by atoms with E-state index in [0.29, 0.717) is 0 Å². The van der Waals surface area contributed by atoms with E-state index < -0.39 is 24.4 Å². The zero-order valence-corrected chi connectivity index (χ0v) is 7.64. The Bertz CT molecular complexity index is 193. The van der Waals surface area contributed by atoms with Gasteiger partial charge in [-0.3, -0.25) is 4.79 Å². The van der Waals surface area contributed by atoms with Crippen LogP contribution in [0.4, 0.5) is 0 Å². The van der Waals surface area contributed by atoms with Crippen molar-refractivity contribution < 1.29 is 24.5 Å². The number of aliphatic hydroxyl groups is 2. The Balaban J connectivity index is 2.64. The molecule has 0 amide bonds. The van der Waals surface area contributed by atoms with Gasteiger partial charge in [-0.2, -0.15) is 0 Å². The van der Waals surface area contributed by atoms with Crippen LogP contribution in [0.5, 0.6) is 0 Å². The molecule has 0 radical (unpaired) electrons. The molecule has 13 heavy (non-hydrogen) atoms. The van der Waals surface area contributed by atoms with Crippen LogP contribution >= 0.6 is 0 Å². The molecule has 1 fully saturated rings. The summed E-state index contributed by atoms with van der Waals surface area (Å²) in [5.41, 5.74) is 0. The Morgan fingerprint density at radius 3 is 2.54 bits per heavy atom. The van der Waals surface area contributed by atoms with Gasteiger partial charge in [0.05, 0.1) is 18.6 Å². The third kappa shape index (κ3) is 2.05. The number of hydrogen-bond donors (Lipinski definition) is 2. The zero-order valence-electron chi connectivity index (χ0n) is 7.64. The second kappa shape index (κ2) is 4.15. The van der Waals surface area contributed by atoms with E-state index in [9.17, 15) is 15.0 Å². The molecule has 0 aromatic rings. The summed E-state index contributed by atoms with van der Waals surface area (Å²) in [7, 11) is 1.37. The van der Waals surface area contributed by atoms with Crippen LogP contribution in [0.2, 0.25) is 0 Å². The Hall–Kier alpha value is -0.490. The fourth-order valence-electron chi connectivity index (χ4n) is 1.36. The summed E-state index contributed by atoms with van der Waals surface area (Å²) in [6.07, 6.45) is -3.10. The van der Waals surface area contributed by atoms with Gasteiger partial charge < -0.3 is 19.7 Å². The molecule has 2 N–H and O–H groups in total. The van der Waals surface area contributed by atoms with Crippen LogP contribution in [0.25, 0.3) is 0 Å². The second-order valence-electron chi connectivity index (χ2n) is 3.14. The highest BCUT2D eigenvalue weighted by molar-refractivity contribution is 5.79. The van der Waals surface area contributed by atoms with Gasteiger partial charge in [-0.25, -0.2) is 0 Å². The number of carbonyl (C=O) groups is 1. The number of ketones is 1. The molecule has 0 saturated carbocycles. The van der Waals surface area contributed by atoms with Crippen LogP contribution in [0, 0.1) is 5.92 Å². The van der Waals surface area contributed by atoms with Crippen molar-refractivity contribution in [3.8, 4) is 0 Å². The second-order valence-corrected chi connectivity index (χ2v) is 3.14. The van der Waals surface area contributed by atoms with Crippen molar-refractivity contribution in [3.05, 3.63) is 0 Å². The number of rotatable bonds is 2. The minimum atomic E-state index is -1.16. The van der Waals surface area contributed by atoms with E-state index in [1.165, 1.54) is 14.0 Å². The minimum absolute atomic E-state index is 0.0894. The molecule has 0 aromatic heterocycles. The fourth-order valence-corrected chi connectivity index (χ4v) is 1.36. The van der Waals surface area contributed by atoms with Crippen molar-refractivity contribution >= 4 is 5.78 Å². The zero-order chi connectivity index (χ0) is 10.0. The highest BCUT2D eigenvalue weighted by atomic mass is 16.7. The maximum atomic E-state index is 11.0. The van der Waals surface area contributed by atoms with E-state index in [1.807, 2.05) is 0 Å². The van der Waals surface area contributed by atoms with Crippen molar-refractivity contribution in [2.24, 2.45) is 5.92 Å². The normalized spacial score (nSPS) is 40.3. The predicted octanol–water partition coefficient (Wildman–Crippen LogP) is -1.08. The lowest BCUT2D eigenvalue weighted by Crippen LogP contribution is -2.52. The summed E-state index contributed by atoms with van der Waals surface area (Å²) < 4.78 is 9.79. The molecule has 5 nitrogen and oxygen atoms in total. The topological polar surface area (TPSA) is 76.0 Å². The average molecular weight is 190 g/mol. The maximum Gasteiger partial charge on any atom is 0.185 e. The Morgan fingerprint density at radius 2 is 2.08 bits per heavy atom. The van der Waals surface area contributed by atoms with Gasteiger partial charge >= 0.3 is 0 Å². The van der Waals surface area contributed by atoms with Crippen LogP contribution in [-0.4, -0.2) is 48.2 Å². The first-order valence-electron chi connectivity index (χ1n) is 4.09. The van der Waals surface area contributed by atoms with Gasteiger partial charge in [-0.1, -0.05) is 0 Å². The summed E-state index contributed by atoms with van der Waals surface area (Å²) in [6, 6.07) is 0. The lowest BCUT2D eigenvalue weighted by Gasteiger charge is -2.35. The molecule has 4 atom stereocenters. The number of Topliss-reactive ketones (excluding diaryl/α,β-unsaturated/α-hetero) is 1. The predicted molar refractivity (Wildman–Crippen MR) is 42.9 cm³/mol. The third-order valence-corrected chi connectivity index (χ3v) is 2.24. The Morgan fingerprint density at radius 1 is 1.46 bits per heavy atom. The standard InChI is InChI=1S/C8H14O5/c1-4(9)5-3-13-8(12-2)7(11)6(5)10/h5-8,10-11H,3H2,1-2H3/t5-,6-,7-,8-/m1/s1. The first-order valence-corrected chi connectivity index (χ1v) is 4.09. The van der Waals surface area contributed by atoms with Gasteiger partial charge in [0.1, 0.15) is 11.9 Å². The van der Waals surface area contributed by atoms with Gasteiger partial charge in [0, 0.05) is 7.11 Å². The van der Waals surface area contributed by atoms with Gasteiger partial charge in [-0.15, -0.1) is 0 Å². The molecule has 0 aliphatic carbocycles. The summed E-state index contributed by atoms with van der Waals surface area (Å²) >= 11 is 0. The molecule has 1 aliphatic rings. The Labute approximate surface area is 76.3 Å². The van der Waals surface area contributed by atoms with E-state index in [4.69, 9.17) is 9.47 Å². The highest BCUT2D eigenvalue weighted by Gasteiger charge is 2.40. The quantitative estimate of drug-likeness (QED) is 0.579. The molecule has 1 aliphatic heterocycles. The van der Waals surface area contributed by atoms with E-state index in [2.05, 4.69) is 0 Å². The first-order chi connectivity index (χ1) is 6.07. The number of hydrogen-bond acceptors (Lipinski definition) is 5. The van der Waals surface area contributed by atoms with Crippen molar-refractivity contribution in [3.63, 3.8) is 0 Å². The molecule has 76 valence electrons. The highest BCUT2D eigenvalue weighted by Crippen LogP contribution is 2.21. The van der Waals surface area contributed by atoms with Crippen molar-refractivity contribution in [2.75, 3.05) is 13.7 Å². The third-order valence-electron chi connectivity index (χ3n) is 2.24. The van der Waals surface area contributed by atoms with Crippen molar-refractivity contribution in [1.29, 1.82) is 0 Å². The molecule has 1 rings (SSSR count). The van der Waals surface area contributed by atoms with Gasteiger partial charge in [-0.05, 0) is 6.92 Å². The van der Waals surface area contributed by atoms with Gasteiger partial charge in [0.15, 0.2) is 6.29 Å². The summed E-state index contributed by atoms with van der Waals surface area (Å²) in [5, 5.41) is 18.9. The summed E-state index contributed by atoms with van der Waals surface area (Å²) in [5.74, 6) is -0.845. The molecule has 0 unspecified atom stereocenters. The lowest BCUT2D eigenvalue weighted by molar-refractivity contribution is -0.247. The van der Waals surface area contributed by atoms with Crippen LogP contribution in [0.15, 0.2) is 0 Å². The molecule has 5 heteroatoms. The van der Waals surface area contributed by atoms with Crippen molar-refractivity contribution in [2.45, 2.75) is 25.4 Å². The first kappa shape index (κ1) is 10.6. The molecule has 0 bridgehead atoms. The van der Waals surface area contributed by atoms with Gasteiger partial charge in [0.25, 0.3) is 0 Å². The SMILES string of the molecule is CO[C@@H]1OC[C@H](C(C)=O)[C@@H](O)[C@H]1O. The smallest absolute Gasteiger partial charge is 0.185 e. The van der Waals surface area contributed by atoms with Crippen LogP contribution in [0.1, 0.15) is 6.92 Å². The van der Waals surface area contributed by atoms with Crippen LogP contribution in [0.3, 0.4) is 0 Å². The number of methoxy groups -OCH3 is 1. The number of carbonyl (C=O) groups excluding carboxylic acids is 1. The molecule has 1 heterocycles. The minimum Gasteiger partial charge on any atom is -0.389 e. The molecule has 0 spiro atoms. The largest absolute Gasteiger partial charge is 0.389 e. The van der Waals surface area contributed by atoms with E-state index in [-0.39, 0.29) is 12.4 Å². The number of aliphatic hydroxyl groups excluding tert-OH is 2. The van der Waals surface area contributed by atoms with E-state index >= 15 is 0 Å². The van der Waals surface area contributed by atoms with Crippen LogP contribution < -0.4 is 0 Å². The van der Waals surface area contributed by atoms with E-state index in [1.54, 1.807) is 0 Å². The monoisotopic (exact) mass is 190 g/mol. The number of ether oxygens (including phenoxy) is 2. The van der Waals surface area contributed by atoms with Crippen LogP contribution in [-0.2, 0) is 14.3 Å². The maximum absolute atomic E-state index is 11.0. The average Bonchev–Trinajstić information content (AvgIpc) is 2.09. The van der Waals surface area contributed by atoms with Crippen molar-refractivity contribution in [1.82, 2.24) is 0 Å². The fraction of sp³-hybridized carbons (Fsp3) is 0.875. The summed E-state index contributed by atoms with van der Waals surface area (Å²) in [4.78, 5) is 11.0. The molecular formula is C8H14O5. The van der Waals surface area contributed by atoms with Gasteiger partial charge in [0.2, 0.25) is 0 Å². The van der Waals surface area contributed by atoms with E-state index in [0.717, 1.165) is 0 Å². The Kier molecular flexibility index (Phi) is 3.38. The molecular weight excluding hydrogens is 176 g/mol. The lowest BCUT2D eigenvalue weighted by atomic mass is 9.92.